The highest BCUT2D eigenvalue weighted by atomic mass is 32.2. The molecule has 0 aliphatic carbocycles. The Bertz CT molecular complexity index is 2180. The highest BCUT2D eigenvalue weighted by Crippen LogP contribution is 2.33. The molecule has 2 aromatic carbocycles. The number of halogens is 2. The molecule has 0 spiro atoms. The fourth-order valence-corrected chi connectivity index (χ4v) is 7.87. The lowest BCUT2D eigenvalue weighted by Gasteiger charge is -2.29. The number of aromatic nitrogens is 2. The molecule has 2 aromatic heterocycles. The Balaban J connectivity index is 1.52. The second-order valence-electron chi connectivity index (χ2n) is 12.3. The average Bonchev–Trinajstić information content (AvgIpc) is 3.42. The summed E-state index contributed by atoms with van der Waals surface area (Å²) in [5, 5.41) is 2.65. The highest BCUT2D eigenvalue weighted by molar-refractivity contribution is 7.92. The van der Waals surface area contributed by atoms with E-state index in [0.29, 0.717) is 12.0 Å². The van der Waals surface area contributed by atoms with Crippen molar-refractivity contribution in [2.24, 2.45) is 0 Å². The number of rotatable bonds is 9. The molecule has 3 heterocycles. The fourth-order valence-electron chi connectivity index (χ4n) is 5.22. The van der Waals surface area contributed by atoms with Gasteiger partial charge in [0, 0.05) is 18.5 Å². The summed E-state index contributed by atoms with van der Waals surface area (Å²) in [5.41, 5.74) is -1.39. The van der Waals surface area contributed by atoms with Crippen LogP contribution in [0, 0.1) is 11.6 Å². The molecule has 260 valence electrons. The molecule has 0 fully saturated rings. The van der Waals surface area contributed by atoms with Gasteiger partial charge in [0.15, 0.2) is 11.5 Å². The van der Waals surface area contributed by atoms with Gasteiger partial charge in [-0.15, -0.1) is 0 Å². The van der Waals surface area contributed by atoms with Crippen LogP contribution < -0.4 is 10.0 Å². The molecule has 0 atom stereocenters. The summed E-state index contributed by atoms with van der Waals surface area (Å²) in [5.74, 6) is -4.16. The Labute approximate surface area is 282 Å². The van der Waals surface area contributed by atoms with Crippen molar-refractivity contribution in [1.82, 2.24) is 13.9 Å². The Morgan fingerprint density at radius 2 is 1.73 bits per heavy atom. The average molecular weight is 716 g/mol. The van der Waals surface area contributed by atoms with E-state index >= 15 is 4.39 Å². The summed E-state index contributed by atoms with van der Waals surface area (Å²) in [6.45, 7) is 7.31. The smallest absolute Gasteiger partial charge is 0.410 e. The number of fused-ring (bicyclic) bond motifs is 1. The fraction of sp³-hybridized carbons (Fsp3) is 0.303. The maximum Gasteiger partial charge on any atom is 0.410 e. The minimum atomic E-state index is -4.20. The molecular weight excluding hydrogens is 681 g/mol. The molecule has 0 unspecified atom stereocenters. The molecule has 12 nitrogen and oxygen atoms in total. The van der Waals surface area contributed by atoms with Crippen molar-refractivity contribution in [2.75, 3.05) is 28.9 Å². The first-order chi connectivity index (χ1) is 23.0. The van der Waals surface area contributed by atoms with E-state index in [0.717, 1.165) is 22.3 Å². The Morgan fingerprint density at radius 3 is 2.37 bits per heavy atom. The van der Waals surface area contributed by atoms with Gasteiger partial charge in [-0.2, -0.15) is 0 Å². The van der Waals surface area contributed by atoms with Crippen LogP contribution in [0.25, 0.3) is 16.6 Å². The molecule has 2 amide bonds. The Kier molecular flexibility index (Phi) is 9.84. The lowest BCUT2D eigenvalue weighted by molar-refractivity contribution is 0.0270. The van der Waals surface area contributed by atoms with Gasteiger partial charge in [-0.05, 0) is 75.6 Å². The van der Waals surface area contributed by atoms with Crippen molar-refractivity contribution >= 4 is 60.0 Å². The van der Waals surface area contributed by atoms with Crippen molar-refractivity contribution in [2.45, 2.75) is 51.0 Å². The molecule has 0 saturated carbocycles. The van der Waals surface area contributed by atoms with Crippen LogP contribution in [0.15, 0.2) is 71.8 Å². The first kappa shape index (κ1) is 35.5. The molecular formula is C33H35F2N5O7S2. The first-order valence-electron chi connectivity index (χ1n) is 15.3. The van der Waals surface area contributed by atoms with Gasteiger partial charge in [0.1, 0.15) is 17.0 Å². The van der Waals surface area contributed by atoms with Crippen LogP contribution in [-0.2, 0) is 24.8 Å². The number of pyridine rings is 1. The second-order valence-corrected chi connectivity index (χ2v) is 15.9. The number of carbonyl (C=O) groups is 2. The van der Waals surface area contributed by atoms with Gasteiger partial charge >= 0.3 is 6.09 Å². The molecule has 16 heteroatoms. The summed E-state index contributed by atoms with van der Waals surface area (Å²) in [4.78, 5) is 31.6. The van der Waals surface area contributed by atoms with Crippen molar-refractivity contribution in [3.63, 3.8) is 0 Å². The van der Waals surface area contributed by atoms with E-state index in [1.807, 2.05) is 4.72 Å². The third-order valence-corrected chi connectivity index (χ3v) is 10.6. The number of hydrogen-bond acceptors (Lipinski definition) is 8. The third kappa shape index (κ3) is 7.75. The van der Waals surface area contributed by atoms with E-state index in [4.69, 9.17) is 4.74 Å². The summed E-state index contributed by atoms with van der Waals surface area (Å²) in [7, 11) is -8.14. The predicted octanol–water partition coefficient (Wildman–Crippen LogP) is 5.98. The number of anilines is 2. The first-order valence-corrected chi connectivity index (χ1v) is 18.4. The van der Waals surface area contributed by atoms with Gasteiger partial charge in [-0.3, -0.25) is 9.52 Å². The zero-order chi connectivity index (χ0) is 35.7. The Hall–Kier alpha value is -4.83. The van der Waals surface area contributed by atoms with Crippen LogP contribution in [0.4, 0.5) is 25.0 Å². The van der Waals surface area contributed by atoms with Crippen molar-refractivity contribution in [3.8, 4) is 0 Å². The number of nitrogens with zero attached hydrogens (tertiary/aromatic N) is 3. The van der Waals surface area contributed by atoms with Gasteiger partial charge in [-0.25, -0.2) is 39.4 Å². The number of carbonyl (C=O) groups excluding carboxylic acids is 2. The van der Waals surface area contributed by atoms with Gasteiger partial charge in [0.05, 0.1) is 33.9 Å². The Morgan fingerprint density at radius 1 is 1.02 bits per heavy atom. The number of nitrogens with one attached hydrogen (secondary N) is 2. The molecule has 0 saturated heterocycles. The quantitative estimate of drug-likeness (QED) is 0.214. The SMILES string of the molecule is CCCS(=O)(=O)Nc1ccc(F)c(C(=O)Nc2cnc3c(c2)cc(C2=CCN(C(=O)OC(C)(C)C)CC2)n3S(=O)(=O)c2ccccc2)c1F. The molecule has 0 bridgehead atoms. The monoisotopic (exact) mass is 715 g/mol. The van der Waals surface area contributed by atoms with E-state index in [1.165, 1.54) is 23.1 Å². The number of hydrogen-bond donors (Lipinski definition) is 2. The van der Waals surface area contributed by atoms with E-state index in [1.54, 1.807) is 58.0 Å². The van der Waals surface area contributed by atoms with Crippen LogP contribution in [0.5, 0.6) is 0 Å². The number of ether oxygens (including phenoxy) is 1. The number of sulfonamides is 1. The minimum Gasteiger partial charge on any atom is -0.444 e. The maximum absolute atomic E-state index is 15.3. The molecule has 1 aliphatic heterocycles. The van der Waals surface area contributed by atoms with Crippen LogP contribution >= 0.6 is 0 Å². The highest BCUT2D eigenvalue weighted by Gasteiger charge is 2.30. The molecule has 0 radical (unpaired) electrons. The topological polar surface area (TPSA) is 157 Å². The van der Waals surface area contributed by atoms with Crippen LogP contribution in [-0.4, -0.2) is 67.1 Å². The molecule has 2 N–H and O–H groups in total. The summed E-state index contributed by atoms with van der Waals surface area (Å²) >= 11 is 0. The predicted molar refractivity (Wildman–Crippen MR) is 181 cm³/mol. The maximum atomic E-state index is 15.3. The van der Waals surface area contributed by atoms with E-state index < -0.39 is 60.5 Å². The largest absolute Gasteiger partial charge is 0.444 e. The second kappa shape index (κ2) is 13.6. The zero-order valence-electron chi connectivity index (χ0n) is 27.2. The summed E-state index contributed by atoms with van der Waals surface area (Å²) < 4.78 is 91.0. The van der Waals surface area contributed by atoms with Gasteiger partial charge < -0.3 is 15.0 Å². The van der Waals surface area contributed by atoms with Crippen LogP contribution in [0.1, 0.15) is 56.6 Å². The molecule has 49 heavy (non-hydrogen) atoms. The van der Waals surface area contributed by atoms with Gasteiger partial charge in [0.2, 0.25) is 10.0 Å². The summed E-state index contributed by atoms with van der Waals surface area (Å²) in [6, 6.07) is 12.4. The van der Waals surface area contributed by atoms with E-state index in [-0.39, 0.29) is 52.6 Å². The van der Waals surface area contributed by atoms with E-state index in [2.05, 4.69) is 10.3 Å². The van der Waals surface area contributed by atoms with Gasteiger partial charge in [0.25, 0.3) is 15.9 Å². The van der Waals surface area contributed by atoms with Crippen LogP contribution in [0.2, 0.25) is 0 Å². The number of benzene rings is 2. The number of amides is 2. The van der Waals surface area contributed by atoms with Crippen molar-refractivity contribution in [3.05, 3.63) is 89.8 Å². The normalized spacial score (nSPS) is 14.0. The molecule has 1 aliphatic rings. The lowest BCUT2D eigenvalue weighted by atomic mass is 10.1. The molecule has 4 aromatic rings. The zero-order valence-corrected chi connectivity index (χ0v) is 28.8. The van der Waals surface area contributed by atoms with Crippen molar-refractivity contribution < 1.29 is 39.9 Å². The minimum absolute atomic E-state index is 0.000105. The van der Waals surface area contributed by atoms with Crippen LogP contribution in [0.3, 0.4) is 0 Å². The third-order valence-electron chi connectivity index (χ3n) is 7.38. The lowest BCUT2D eigenvalue weighted by Crippen LogP contribution is -2.39. The van der Waals surface area contributed by atoms with Crippen molar-refractivity contribution in [1.29, 1.82) is 0 Å². The summed E-state index contributed by atoms with van der Waals surface area (Å²) in [6.07, 6.45) is 2.91. The standard InChI is InChI=1S/C33H35F2N5O7S2/c1-5-17-48(43,44)38-26-12-11-25(34)28(29(26)35)31(41)37-23-18-22-19-27(21-13-15-39(16-14-21)32(42)47-33(2,3)4)40(30(22)36-20-23)49(45,46)24-9-7-6-8-10-24/h6-13,18-20,38H,5,14-17H2,1-4H3,(H,37,41). The van der Waals surface area contributed by atoms with E-state index in [9.17, 15) is 30.8 Å². The molecule has 5 rings (SSSR count). The van der Waals surface area contributed by atoms with Gasteiger partial charge in [-0.1, -0.05) is 31.2 Å².